The molecule has 0 bridgehead atoms. The van der Waals surface area contributed by atoms with Crippen molar-refractivity contribution in [2.45, 2.75) is 33.4 Å². The molecule has 1 unspecified atom stereocenters. The van der Waals surface area contributed by atoms with E-state index in [-0.39, 0.29) is 0 Å². The van der Waals surface area contributed by atoms with E-state index >= 15 is 0 Å². The molecule has 0 aliphatic rings. The highest BCUT2D eigenvalue weighted by atomic mass is 35.5. The van der Waals surface area contributed by atoms with Crippen molar-refractivity contribution < 1.29 is 0 Å². The maximum atomic E-state index is 5.99. The number of rotatable bonds is 4. The van der Waals surface area contributed by atoms with E-state index in [1.165, 1.54) is 22.3 Å². The lowest BCUT2D eigenvalue weighted by atomic mass is 10.00. The fourth-order valence-electron chi connectivity index (χ4n) is 2.34. The van der Waals surface area contributed by atoms with Crippen LogP contribution in [-0.4, -0.2) is 0 Å². The van der Waals surface area contributed by atoms with Crippen LogP contribution in [0, 0.1) is 13.8 Å². The number of halogens is 1. The predicted octanol–water partition coefficient (Wildman–Crippen LogP) is 4.81. The molecule has 1 nitrogen and oxygen atoms in total. The molecular weight excluding hydrogens is 254 g/mol. The molecule has 0 aliphatic heterocycles. The normalized spacial score (nSPS) is 12.4. The summed E-state index contributed by atoms with van der Waals surface area (Å²) in [5.74, 6) is 0. The molecule has 0 fully saturated rings. The van der Waals surface area contributed by atoms with Crippen LogP contribution < -0.4 is 5.32 Å². The van der Waals surface area contributed by atoms with Crippen LogP contribution in [0.25, 0.3) is 0 Å². The molecule has 0 spiro atoms. The van der Waals surface area contributed by atoms with Gasteiger partial charge in [-0.15, -0.1) is 0 Å². The zero-order valence-corrected chi connectivity index (χ0v) is 12.5. The van der Waals surface area contributed by atoms with Crippen LogP contribution in [0.15, 0.2) is 42.5 Å². The Balaban J connectivity index is 2.03. The van der Waals surface area contributed by atoms with Gasteiger partial charge < -0.3 is 5.32 Å². The standard InChI is InChI=1S/C17H20ClN/c1-12-7-8-17(13(2)9-12)14(3)19-11-15-5-4-6-16(18)10-15/h4-10,14,19H,11H2,1-3H3. The molecule has 0 amide bonds. The highest BCUT2D eigenvalue weighted by Gasteiger charge is 2.07. The second kappa shape index (κ2) is 6.23. The quantitative estimate of drug-likeness (QED) is 0.843. The molecule has 19 heavy (non-hydrogen) atoms. The van der Waals surface area contributed by atoms with E-state index in [1.54, 1.807) is 0 Å². The average molecular weight is 274 g/mol. The fourth-order valence-corrected chi connectivity index (χ4v) is 2.55. The Kier molecular flexibility index (Phi) is 4.62. The Morgan fingerprint density at radius 3 is 2.58 bits per heavy atom. The molecule has 0 heterocycles. The summed E-state index contributed by atoms with van der Waals surface area (Å²) < 4.78 is 0. The molecule has 2 heteroatoms. The first-order chi connectivity index (χ1) is 9.06. The number of hydrogen-bond acceptors (Lipinski definition) is 1. The van der Waals surface area contributed by atoms with Gasteiger partial charge >= 0.3 is 0 Å². The molecule has 0 radical (unpaired) electrons. The van der Waals surface area contributed by atoms with Crippen LogP contribution in [-0.2, 0) is 6.54 Å². The van der Waals surface area contributed by atoms with E-state index in [1.807, 2.05) is 18.2 Å². The number of hydrogen-bond donors (Lipinski definition) is 1. The molecule has 0 aliphatic carbocycles. The van der Waals surface area contributed by atoms with Crippen LogP contribution in [0.3, 0.4) is 0 Å². The van der Waals surface area contributed by atoms with E-state index < -0.39 is 0 Å². The summed E-state index contributed by atoms with van der Waals surface area (Å²) in [6, 6.07) is 14.9. The second-order valence-corrected chi connectivity index (χ2v) is 5.53. The van der Waals surface area contributed by atoms with Gasteiger partial charge in [0, 0.05) is 17.6 Å². The average Bonchev–Trinajstić information content (AvgIpc) is 2.36. The van der Waals surface area contributed by atoms with Crippen molar-refractivity contribution >= 4 is 11.6 Å². The van der Waals surface area contributed by atoms with Gasteiger partial charge in [0.15, 0.2) is 0 Å². The maximum Gasteiger partial charge on any atom is 0.0409 e. The van der Waals surface area contributed by atoms with Crippen molar-refractivity contribution in [1.82, 2.24) is 5.32 Å². The van der Waals surface area contributed by atoms with E-state index in [2.05, 4.69) is 50.4 Å². The van der Waals surface area contributed by atoms with E-state index in [0.717, 1.165) is 11.6 Å². The molecular formula is C17H20ClN. The topological polar surface area (TPSA) is 12.0 Å². The molecule has 100 valence electrons. The van der Waals surface area contributed by atoms with E-state index in [9.17, 15) is 0 Å². The Labute approximate surface area is 120 Å². The van der Waals surface area contributed by atoms with Crippen LogP contribution in [0.5, 0.6) is 0 Å². The molecule has 2 rings (SSSR count). The first-order valence-corrected chi connectivity index (χ1v) is 6.99. The fraction of sp³-hybridized carbons (Fsp3) is 0.294. The number of benzene rings is 2. The van der Waals surface area contributed by atoms with Gasteiger partial charge in [0.05, 0.1) is 0 Å². The van der Waals surface area contributed by atoms with Gasteiger partial charge in [0.2, 0.25) is 0 Å². The molecule has 0 saturated carbocycles. The van der Waals surface area contributed by atoms with E-state index in [0.29, 0.717) is 6.04 Å². The van der Waals surface area contributed by atoms with Crippen molar-refractivity contribution in [2.75, 3.05) is 0 Å². The molecule has 2 aromatic carbocycles. The van der Waals surface area contributed by atoms with Gasteiger partial charge in [-0.25, -0.2) is 0 Å². The Hall–Kier alpha value is -1.31. The van der Waals surface area contributed by atoms with Crippen molar-refractivity contribution in [3.8, 4) is 0 Å². The minimum Gasteiger partial charge on any atom is -0.306 e. The number of aryl methyl sites for hydroxylation is 2. The van der Waals surface area contributed by atoms with E-state index in [4.69, 9.17) is 11.6 Å². The van der Waals surface area contributed by atoms with Gasteiger partial charge in [0.1, 0.15) is 0 Å². The molecule has 1 N–H and O–H groups in total. The Bertz CT molecular complexity index is 563. The molecule has 1 atom stereocenters. The largest absolute Gasteiger partial charge is 0.306 e. The van der Waals surface area contributed by atoms with Crippen LogP contribution in [0.4, 0.5) is 0 Å². The zero-order valence-electron chi connectivity index (χ0n) is 11.7. The van der Waals surface area contributed by atoms with Crippen molar-refractivity contribution in [2.24, 2.45) is 0 Å². The first-order valence-electron chi connectivity index (χ1n) is 6.61. The maximum absolute atomic E-state index is 5.99. The van der Waals surface area contributed by atoms with Crippen LogP contribution in [0.1, 0.15) is 35.2 Å². The zero-order chi connectivity index (χ0) is 13.8. The third kappa shape index (κ3) is 3.82. The molecule has 0 saturated heterocycles. The number of nitrogens with one attached hydrogen (secondary N) is 1. The van der Waals surface area contributed by atoms with Gasteiger partial charge in [-0.2, -0.15) is 0 Å². The summed E-state index contributed by atoms with van der Waals surface area (Å²) in [5.41, 5.74) is 5.21. The van der Waals surface area contributed by atoms with Crippen molar-refractivity contribution in [1.29, 1.82) is 0 Å². The van der Waals surface area contributed by atoms with Crippen LogP contribution >= 0.6 is 11.6 Å². The van der Waals surface area contributed by atoms with Crippen molar-refractivity contribution in [3.05, 3.63) is 69.7 Å². The summed E-state index contributed by atoms with van der Waals surface area (Å²) in [6.07, 6.45) is 0. The highest BCUT2D eigenvalue weighted by Crippen LogP contribution is 2.19. The summed E-state index contributed by atoms with van der Waals surface area (Å²) in [5, 5.41) is 4.33. The SMILES string of the molecule is Cc1ccc(C(C)NCc2cccc(Cl)c2)c(C)c1. The van der Waals surface area contributed by atoms with Crippen LogP contribution in [0.2, 0.25) is 5.02 Å². The summed E-state index contributed by atoms with van der Waals surface area (Å²) in [6.45, 7) is 7.32. The monoisotopic (exact) mass is 273 g/mol. The predicted molar refractivity (Wildman–Crippen MR) is 82.6 cm³/mol. The lowest BCUT2D eigenvalue weighted by molar-refractivity contribution is 0.572. The lowest BCUT2D eigenvalue weighted by Gasteiger charge is -2.17. The minimum absolute atomic E-state index is 0.333. The first kappa shape index (κ1) is 14.1. The lowest BCUT2D eigenvalue weighted by Crippen LogP contribution is -2.18. The summed E-state index contributed by atoms with van der Waals surface area (Å²) in [7, 11) is 0. The van der Waals surface area contributed by atoms with Gasteiger partial charge in [0.25, 0.3) is 0 Å². The Morgan fingerprint density at radius 2 is 1.89 bits per heavy atom. The van der Waals surface area contributed by atoms with Gasteiger partial charge in [-0.05, 0) is 49.6 Å². The third-order valence-electron chi connectivity index (χ3n) is 3.39. The third-order valence-corrected chi connectivity index (χ3v) is 3.63. The highest BCUT2D eigenvalue weighted by molar-refractivity contribution is 6.30. The minimum atomic E-state index is 0.333. The second-order valence-electron chi connectivity index (χ2n) is 5.09. The summed E-state index contributed by atoms with van der Waals surface area (Å²) >= 11 is 5.99. The van der Waals surface area contributed by atoms with Gasteiger partial charge in [-0.1, -0.05) is 47.5 Å². The smallest absolute Gasteiger partial charge is 0.0409 e. The molecule has 0 aromatic heterocycles. The molecule has 2 aromatic rings. The van der Waals surface area contributed by atoms with Gasteiger partial charge in [-0.3, -0.25) is 0 Å². The summed E-state index contributed by atoms with van der Waals surface area (Å²) in [4.78, 5) is 0. The van der Waals surface area contributed by atoms with Crippen molar-refractivity contribution in [3.63, 3.8) is 0 Å². The Morgan fingerprint density at radius 1 is 1.11 bits per heavy atom.